The second-order valence-corrected chi connectivity index (χ2v) is 8.17. The number of fused-ring (bicyclic) bond motifs is 1. The number of nitrogen functional groups attached to an aromatic ring is 1. The van der Waals surface area contributed by atoms with Gasteiger partial charge in [-0.15, -0.1) is 0 Å². The van der Waals surface area contributed by atoms with Crippen LogP contribution in [0, 0.1) is 6.92 Å². The summed E-state index contributed by atoms with van der Waals surface area (Å²) in [6, 6.07) is 11.4. The molecule has 0 atom stereocenters. The van der Waals surface area contributed by atoms with Crippen molar-refractivity contribution in [2.45, 2.75) is 19.8 Å². The Morgan fingerprint density at radius 1 is 1.12 bits per heavy atom. The number of aryl methyl sites for hydroxylation is 2. The third-order valence-corrected chi connectivity index (χ3v) is 5.88. The summed E-state index contributed by atoms with van der Waals surface area (Å²) in [5.74, 6) is 1.09. The van der Waals surface area contributed by atoms with Crippen LogP contribution >= 0.6 is 0 Å². The van der Waals surface area contributed by atoms with Crippen LogP contribution < -0.4 is 11.1 Å². The highest BCUT2D eigenvalue weighted by Crippen LogP contribution is 2.33. The van der Waals surface area contributed by atoms with Crippen molar-refractivity contribution >= 4 is 28.6 Å². The van der Waals surface area contributed by atoms with Gasteiger partial charge in [0.2, 0.25) is 0 Å². The number of hydrogen-bond acceptors (Lipinski definition) is 5. The van der Waals surface area contributed by atoms with Crippen LogP contribution in [0.5, 0.6) is 0 Å². The molecular weight excluding hydrogens is 414 g/mol. The van der Waals surface area contributed by atoms with Crippen molar-refractivity contribution in [3.8, 4) is 11.4 Å². The maximum absolute atomic E-state index is 12.4. The largest absolute Gasteiger partial charge is 0.383 e. The molecule has 0 saturated heterocycles. The van der Waals surface area contributed by atoms with E-state index in [1.807, 2.05) is 61.1 Å². The van der Waals surface area contributed by atoms with E-state index in [0.29, 0.717) is 18.1 Å². The van der Waals surface area contributed by atoms with Gasteiger partial charge in [-0.3, -0.25) is 9.36 Å². The molecule has 5 rings (SSSR count). The number of carbonyl (C=O) groups excluding carboxylic acids is 1. The Morgan fingerprint density at radius 3 is 2.73 bits per heavy atom. The summed E-state index contributed by atoms with van der Waals surface area (Å²) in [6.07, 6.45) is 9.30. The number of imidazole rings is 1. The third kappa shape index (κ3) is 3.91. The van der Waals surface area contributed by atoms with Crippen LogP contribution in [0.25, 0.3) is 28.2 Å². The molecule has 4 heterocycles. The standard InChI is InChI=1S/C25H25N7O/c1-16-7-12-20-24(29-16)32(23(30-20)19-5-3-13-27-22(19)26)18-10-8-17(9-11-18)15-28-25(33)21-6-4-14-31(21)2/h3-8,10,12-14H,9,11,15H2,1-2H3,(H2,26,27)(H,28,33). The van der Waals surface area contributed by atoms with Crippen molar-refractivity contribution in [1.82, 2.24) is 29.4 Å². The summed E-state index contributed by atoms with van der Waals surface area (Å²) in [5, 5.41) is 3.01. The number of carbonyl (C=O) groups is 1. The van der Waals surface area contributed by atoms with Crippen molar-refractivity contribution < 1.29 is 4.79 Å². The number of amides is 1. The summed E-state index contributed by atoms with van der Waals surface area (Å²) in [7, 11) is 1.86. The minimum absolute atomic E-state index is 0.0761. The van der Waals surface area contributed by atoms with E-state index in [2.05, 4.69) is 27.0 Å². The van der Waals surface area contributed by atoms with E-state index in [4.69, 9.17) is 15.7 Å². The average molecular weight is 440 g/mol. The number of nitrogens with two attached hydrogens (primary N) is 1. The Labute approximate surface area is 191 Å². The normalized spacial score (nSPS) is 13.6. The van der Waals surface area contributed by atoms with Gasteiger partial charge in [-0.25, -0.2) is 15.0 Å². The predicted octanol–water partition coefficient (Wildman–Crippen LogP) is 3.71. The number of allylic oxidation sites excluding steroid dienone is 3. The van der Waals surface area contributed by atoms with Crippen molar-refractivity contribution in [2.75, 3.05) is 12.3 Å². The van der Waals surface area contributed by atoms with E-state index in [1.54, 1.807) is 6.20 Å². The van der Waals surface area contributed by atoms with Gasteiger partial charge in [0.1, 0.15) is 22.9 Å². The zero-order valence-corrected chi connectivity index (χ0v) is 18.6. The second kappa shape index (κ2) is 8.38. The lowest BCUT2D eigenvalue weighted by Crippen LogP contribution is -2.27. The van der Waals surface area contributed by atoms with Crippen LogP contribution in [0.4, 0.5) is 5.82 Å². The fourth-order valence-corrected chi connectivity index (χ4v) is 4.10. The van der Waals surface area contributed by atoms with Gasteiger partial charge in [0.25, 0.3) is 5.91 Å². The third-order valence-electron chi connectivity index (χ3n) is 5.88. The topological polar surface area (TPSA) is 104 Å². The summed E-state index contributed by atoms with van der Waals surface area (Å²) >= 11 is 0. The van der Waals surface area contributed by atoms with E-state index in [0.717, 1.165) is 52.4 Å². The molecule has 8 nitrogen and oxygen atoms in total. The smallest absolute Gasteiger partial charge is 0.268 e. The van der Waals surface area contributed by atoms with Crippen molar-refractivity contribution in [2.24, 2.45) is 7.05 Å². The molecule has 166 valence electrons. The Morgan fingerprint density at radius 2 is 2.00 bits per heavy atom. The summed E-state index contributed by atoms with van der Waals surface area (Å²) < 4.78 is 3.89. The lowest BCUT2D eigenvalue weighted by Gasteiger charge is -2.18. The van der Waals surface area contributed by atoms with Crippen LogP contribution in [0.1, 0.15) is 29.0 Å². The zero-order valence-electron chi connectivity index (χ0n) is 18.6. The number of pyridine rings is 2. The van der Waals surface area contributed by atoms with E-state index in [1.165, 1.54) is 0 Å². The highest BCUT2D eigenvalue weighted by atomic mass is 16.1. The molecule has 4 aromatic heterocycles. The zero-order chi connectivity index (χ0) is 22.9. The molecular formula is C25H25N7O. The molecule has 4 aromatic rings. The van der Waals surface area contributed by atoms with Crippen LogP contribution in [0.3, 0.4) is 0 Å². The van der Waals surface area contributed by atoms with E-state index in [-0.39, 0.29) is 5.91 Å². The monoisotopic (exact) mass is 439 g/mol. The first-order valence-corrected chi connectivity index (χ1v) is 10.9. The van der Waals surface area contributed by atoms with Crippen LogP contribution in [0.2, 0.25) is 0 Å². The highest BCUT2D eigenvalue weighted by molar-refractivity contribution is 5.93. The van der Waals surface area contributed by atoms with Crippen LogP contribution in [0.15, 0.2) is 66.5 Å². The highest BCUT2D eigenvalue weighted by Gasteiger charge is 2.20. The first kappa shape index (κ1) is 20.7. The van der Waals surface area contributed by atoms with E-state index >= 15 is 0 Å². The molecule has 1 aliphatic rings. The Kier molecular flexibility index (Phi) is 5.26. The summed E-state index contributed by atoms with van der Waals surface area (Å²) in [5.41, 5.74) is 12.4. The van der Waals surface area contributed by atoms with Gasteiger partial charge in [-0.05, 0) is 62.2 Å². The van der Waals surface area contributed by atoms with E-state index < -0.39 is 0 Å². The van der Waals surface area contributed by atoms with Gasteiger partial charge in [0, 0.05) is 37.4 Å². The number of aromatic nitrogens is 5. The van der Waals surface area contributed by atoms with Crippen molar-refractivity contribution in [1.29, 1.82) is 0 Å². The van der Waals surface area contributed by atoms with Crippen LogP contribution in [-0.2, 0) is 7.05 Å². The van der Waals surface area contributed by atoms with Gasteiger partial charge < -0.3 is 15.6 Å². The molecule has 0 aromatic carbocycles. The number of hydrogen-bond donors (Lipinski definition) is 2. The number of anilines is 1. The van der Waals surface area contributed by atoms with Crippen molar-refractivity contribution in [3.05, 3.63) is 77.9 Å². The molecule has 0 aliphatic heterocycles. The Hall–Kier alpha value is -4.20. The van der Waals surface area contributed by atoms with Gasteiger partial charge in [0.15, 0.2) is 5.65 Å². The molecule has 1 amide bonds. The number of rotatable bonds is 5. The molecule has 0 radical (unpaired) electrons. The Bertz CT molecular complexity index is 1420. The quantitative estimate of drug-likeness (QED) is 0.493. The van der Waals surface area contributed by atoms with Gasteiger partial charge in [0.05, 0.1) is 5.56 Å². The SMILES string of the molecule is Cc1ccc2nc(-c3cccnc3N)n(C3=CC=C(CNC(=O)c4cccn4C)CC3)c2n1. The average Bonchev–Trinajstić information content (AvgIpc) is 3.41. The predicted molar refractivity (Wildman–Crippen MR) is 129 cm³/mol. The summed E-state index contributed by atoms with van der Waals surface area (Å²) in [4.78, 5) is 26.3. The minimum Gasteiger partial charge on any atom is -0.383 e. The molecule has 0 bridgehead atoms. The minimum atomic E-state index is -0.0761. The molecule has 0 fully saturated rings. The lowest BCUT2D eigenvalue weighted by molar-refractivity contribution is 0.0948. The molecule has 0 saturated carbocycles. The molecule has 33 heavy (non-hydrogen) atoms. The van der Waals surface area contributed by atoms with Gasteiger partial charge in [-0.1, -0.05) is 11.6 Å². The van der Waals surface area contributed by atoms with Gasteiger partial charge in [-0.2, -0.15) is 0 Å². The molecule has 0 unspecified atom stereocenters. The number of nitrogens with zero attached hydrogens (tertiary/aromatic N) is 5. The fourth-order valence-electron chi connectivity index (χ4n) is 4.10. The molecule has 3 N–H and O–H groups in total. The second-order valence-electron chi connectivity index (χ2n) is 8.17. The van der Waals surface area contributed by atoms with Crippen LogP contribution in [-0.4, -0.2) is 36.5 Å². The molecule has 0 spiro atoms. The maximum atomic E-state index is 12.4. The first-order chi connectivity index (χ1) is 16.0. The summed E-state index contributed by atoms with van der Waals surface area (Å²) in [6.45, 7) is 2.48. The van der Waals surface area contributed by atoms with Crippen molar-refractivity contribution in [3.63, 3.8) is 0 Å². The fraction of sp³-hybridized carbons (Fsp3) is 0.200. The molecule has 1 aliphatic carbocycles. The Balaban J connectivity index is 1.47. The maximum Gasteiger partial charge on any atom is 0.268 e. The van der Waals surface area contributed by atoms with Gasteiger partial charge >= 0.3 is 0 Å². The first-order valence-electron chi connectivity index (χ1n) is 10.9. The lowest BCUT2D eigenvalue weighted by atomic mass is 10.0. The number of nitrogens with one attached hydrogen (secondary N) is 1. The van der Waals surface area contributed by atoms with E-state index in [9.17, 15) is 4.79 Å². The molecule has 8 heteroatoms.